The number of Topliss-reactive ketones (excluding diaryl/α,β-unsaturated/α-hetero) is 1. The van der Waals surface area contributed by atoms with Crippen molar-refractivity contribution in [1.29, 1.82) is 0 Å². The van der Waals surface area contributed by atoms with E-state index < -0.39 is 23.1 Å². The Bertz CT molecular complexity index is 1650. The molecule has 42 heavy (non-hydrogen) atoms. The van der Waals surface area contributed by atoms with Gasteiger partial charge in [-0.2, -0.15) is 18.3 Å². The Balaban J connectivity index is 1.29. The molecule has 2 aromatic carbocycles. The average molecular weight is 689 g/mol. The summed E-state index contributed by atoms with van der Waals surface area (Å²) in [5, 5.41) is 4.41. The van der Waals surface area contributed by atoms with E-state index in [9.17, 15) is 27.2 Å². The number of piperidine rings is 1. The maximum absolute atomic E-state index is 14.5. The highest BCUT2D eigenvalue weighted by atomic mass is 127. The molecule has 1 spiro atoms. The highest BCUT2D eigenvalue weighted by Crippen LogP contribution is 2.40. The van der Waals surface area contributed by atoms with E-state index >= 15 is 0 Å². The summed E-state index contributed by atoms with van der Waals surface area (Å²) in [5.41, 5.74) is -0.0911. The Morgan fingerprint density at radius 3 is 2.31 bits per heavy atom. The minimum atomic E-state index is -4.85. The van der Waals surface area contributed by atoms with E-state index in [4.69, 9.17) is 0 Å². The van der Waals surface area contributed by atoms with Crippen molar-refractivity contribution in [2.45, 2.75) is 31.0 Å². The number of nitrogens with zero attached hydrogens (tertiary/aromatic N) is 5. The van der Waals surface area contributed by atoms with Crippen LogP contribution in [-0.4, -0.2) is 56.5 Å². The standard InChI is InChI=1S/C30H24F4IN5O2/c31-24-16-22(7-8-23(24)30(32,33)34)40-26(19-2-1-12-36-18-19)17-25(37-40)28(42)38-14-10-29(11-15-38)27(41)9-13-39(29)21-5-3-20(35)4-6-21/h1-8,12,16-18H,9-11,13-15H2. The van der Waals surface area contributed by atoms with Crippen LogP contribution in [0.5, 0.6) is 0 Å². The van der Waals surface area contributed by atoms with Gasteiger partial charge in [0.15, 0.2) is 11.5 Å². The third-order valence-electron chi connectivity index (χ3n) is 8.00. The first kappa shape index (κ1) is 28.3. The number of aromatic nitrogens is 3. The first-order valence-corrected chi connectivity index (χ1v) is 14.4. The lowest BCUT2D eigenvalue weighted by Crippen LogP contribution is -2.56. The Kier molecular flexibility index (Phi) is 7.27. The first-order valence-electron chi connectivity index (χ1n) is 13.3. The van der Waals surface area contributed by atoms with Crippen molar-refractivity contribution in [3.05, 3.63) is 93.7 Å². The van der Waals surface area contributed by atoms with Crippen LogP contribution in [0.2, 0.25) is 0 Å². The molecule has 0 N–H and O–H groups in total. The Morgan fingerprint density at radius 1 is 0.952 bits per heavy atom. The zero-order valence-corrected chi connectivity index (χ0v) is 24.3. The molecule has 216 valence electrons. The van der Waals surface area contributed by atoms with E-state index in [0.717, 1.165) is 21.4 Å². The number of amides is 1. The van der Waals surface area contributed by atoms with Crippen molar-refractivity contribution in [3.8, 4) is 16.9 Å². The third-order valence-corrected chi connectivity index (χ3v) is 8.72. The Morgan fingerprint density at radius 2 is 1.67 bits per heavy atom. The molecule has 4 heterocycles. The summed E-state index contributed by atoms with van der Waals surface area (Å²) in [6.07, 6.45) is -0.392. The topological polar surface area (TPSA) is 71.3 Å². The number of alkyl halides is 3. The second kappa shape index (κ2) is 10.8. The fourth-order valence-electron chi connectivity index (χ4n) is 5.87. The van der Waals surface area contributed by atoms with Gasteiger partial charge in [-0.25, -0.2) is 9.07 Å². The number of carbonyl (C=O) groups is 2. The first-order chi connectivity index (χ1) is 20.1. The smallest absolute Gasteiger partial charge is 0.358 e. The van der Waals surface area contributed by atoms with Crippen LogP contribution in [0.25, 0.3) is 16.9 Å². The van der Waals surface area contributed by atoms with Crippen LogP contribution in [-0.2, 0) is 11.0 Å². The van der Waals surface area contributed by atoms with Crippen LogP contribution < -0.4 is 4.90 Å². The van der Waals surface area contributed by atoms with Crippen LogP contribution in [0.15, 0.2) is 73.1 Å². The molecular formula is C30H24F4IN5O2. The zero-order chi connectivity index (χ0) is 29.6. The lowest BCUT2D eigenvalue weighted by Gasteiger charge is -2.44. The van der Waals surface area contributed by atoms with Crippen molar-refractivity contribution in [1.82, 2.24) is 19.7 Å². The minimum absolute atomic E-state index is 0.0284. The molecular weight excluding hydrogens is 665 g/mol. The van der Waals surface area contributed by atoms with Crippen molar-refractivity contribution in [3.63, 3.8) is 0 Å². The summed E-state index contributed by atoms with van der Waals surface area (Å²) >= 11 is 2.24. The molecule has 2 aromatic heterocycles. The molecule has 12 heteroatoms. The SMILES string of the molecule is O=C(c1cc(-c2cccnc2)n(-c2ccc(C(F)(F)F)c(F)c2)n1)N1CCC2(CC1)C(=O)CCN2c1ccc(I)cc1. The predicted molar refractivity (Wildman–Crippen MR) is 156 cm³/mol. The van der Waals surface area contributed by atoms with Gasteiger partial charge in [0.25, 0.3) is 5.91 Å². The van der Waals surface area contributed by atoms with Gasteiger partial charge in [0.1, 0.15) is 11.4 Å². The number of likely N-dealkylation sites (tertiary alicyclic amines) is 1. The molecule has 2 fully saturated rings. The molecule has 6 rings (SSSR count). The lowest BCUT2D eigenvalue weighted by atomic mass is 9.83. The van der Waals surface area contributed by atoms with Crippen LogP contribution in [0.3, 0.4) is 0 Å². The summed E-state index contributed by atoms with van der Waals surface area (Å²) < 4.78 is 56.3. The Labute approximate surface area is 252 Å². The van der Waals surface area contributed by atoms with Crippen molar-refractivity contribution in [2.24, 2.45) is 0 Å². The van der Waals surface area contributed by atoms with Crippen LogP contribution in [0.4, 0.5) is 23.2 Å². The second-order valence-corrected chi connectivity index (χ2v) is 11.6. The number of rotatable bonds is 4. The number of benzene rings is 2. The minimum Gasteiger partial charge on any atom is -0.358 e. The molecule has 7 nitrogen and oxygen atoms in total. The second-order valence-electron chi connectivity index (χ2n) is 10.4. The zero-order valence-electron chi connectivity index (χ0n) is 22.1. The van der Waals surface area contributed by atoms with E-state index in [0.29, 0.717) is 56.2 Å². The van der Waals surface area contributed by atoms with E-state index in [1.54, 1.807) is 23.2 Å². The van der Waals surface area contributed by atoms with Crippen molar-refractivity contribution >= 4 is 40.0 Å². The molecule has 0 radical (unpaired) electrons. The molecule has 0 atom stereocenters. The van der Waals surface area contributed by atoms with Gasteiger partial charge < -0.3 is 9.80 Å². The van der Waals surface area contributed by atoms with Crippen LogP contribution in [0.1, 0.15) is 35.3 Å². The van der Waals surface area contributed by atoms with Gasteiger partial charge in [0.2, 0.25) is 0 Å². The van der Waals surface area contributed by atoms with Gasteiger partial charge in [-0.1, -0.05) is 0 Å². The normalized spacial score (nSPS) is 16.8. The lowest BCUT2D eigenvalue weighted by molar-refractivity contribution is -0.140. The number of pyridine rings is 1. The van der Waals surface area contributed by atoms with Gasteiger partial charge >= 0.3 is 6.18 Å². The van der Waals surface area contributed by atoms with Crippen molar-refractivity contribution in [2.75, 3.05) is 24.5 Å². The summed E-state index contributed by atoms with van der Waals surface area (Å²) in [7, 11) is 0. The molecule has 4 aromatic rings. The summed E-state index contributed by atoms with van der Waals surface area (Å²) in [5.74, 6) is -1.66. The number of halogens is 5. The number of carbonyl (C=O) groups excluding carboxylic acids is 2. The number of anilines is 1. The average Bonchev–Trinajstić information content (AvgIpc) is 3.56. The number of hydrogen-bond acceptors (Lipinski definition) is 5. The molecule has 0 aliphatic carbocycles. The van der Waals surface area contributed by atoms with Crippen molar-refractivity contribution < 1.29 is 27.2 Å². The van der Waals surface area contributed by atoms with Gasteiger partial charge in [-0.3, -0.25) is 14.6 Å². The highest BCUT2D eigenvalue weighted by Gasteiger charge is 2.50. The summed E-state index contributed by atoms with van der Waals surface area (Å²) in [6, 6.07) is 15.5. The summed E-state index contributed by atoms with van der Waals surface area (Å²) in [6.45, 7) is 1.28. The molecule has 0 unspecified atom stereocenters. The Hall–Kier alpha value is -3.81. The van der Waals surface area contributed by atoms with Gasteiger partial charge in [0, 0.05) is 59.3 Å². The summed E-state index contributed by atoms with van der Waals surface area (Å²) in [4.78, 5) is 34.7. The number of ketones is 1. The van der Waals surface area contributed by atoms with Crippen LogP contribution in [0, 0.1) is 9.39 Å². The fourth-order valence-corrected chi connectivity index (χ4v) is 6.23. The molecule has 2 saturated heterocycles. The molecule has 1 amide bonds. The molecule has 2 aliphatic heterocycles. The quantitative estimate of drug-likeness (QED) is 0.190. The molecule has 0 bridgehead atoms. The predicted octanol–water partition coefficient (Wildman–Crippen LogP) is 6.15. The largest absolute Gasteiger partial charge is 0.419 e. The van der Waals surface area contributed by atoms with Crippen LogP contribution >= 0.6 is 22.6 Å². The highest BCUT2D eigenvalue weighted by molar-refractivity contribution is 14.1. The number of hydrogen-bond donors (Lipinski definition) is 0. The third kappa shape index (κ3) is 5.05. The monoisotopic (exact) mass is 689 g/mol. The van der Waals surface area contributed by atoms with Gasteiger partial charge in [0.05, 0.1) is 16.9 Å². The van der Waals surface area contributed by atoms with E-state index in [2.05, 4.69) is 37.6 Å². The van der Waals surface area contributed by atoms with Gasteiger partial charge in [-0.15, -0.1) is 0 Å². The van der Waals surface area contributed by atoms with E-state index in [-0.39, 0.29) is 23.1 Å². The van der Waals surface area contributed by atoms with E-state index in [1.807, 2.05) is 24.3 Å². The maximum atomic E-state index is 14.5. The molecule has 0 saturated carbocycles. The molecule has 2 aliphatic rings. The maximum Gasteiger partial charge on any atom is 0.419 e. The fraction of sp³-hybridized carbons (Fsp3) is 0.267. The van der Waals surface area contributed by atoms with Gasteiger partial charge in [-0.05, 0) is 90.0 Å². The van der Waals surface area contributed by atoms with E-state index in [1.165, 1.54) is 16.9 Å².